The van der Waals surface area contributed by atoms with Crippen molar-refractivity contribution < 1.29 is 9.57 Å². The lowest BCUT2D eigenvalue weighted by Crippen LogP contribution is -2.31. The van der Waals surface area contributed by atoms with Gasteiger partial charge in [0.1, 0.15) is 0 Å². The first kappa shape index (κ1) is 8.88. The molecule has 0 amide bonds. The third kappa shape index (κ3) is 4.39. The number of ether oxygens (including phenoxy) is 1. The van der Waals surface area contributed by atoms with E-state index in [2.05, 4.69) is 4.84 Å². The molecule has 0 aliphatic carbocycles. The molecular formula is C6H15NO2. The van der Waals surface area contributed by atoms with Crippen LogP contribution in [0.15, 0.2) is 0 Å². The van der Waals surface area contributed by atoms with Crippen LogP contribution >= 0.6 is 0 Å². The Balaban J connectivity index is 3.33. The maximum atomic E-state index is 5.18. The summed E-state index contributed by atoms with van der Waals surface area (Å²) in [5.74, 6) is 4.29. The summed E-state index contributed by atoms with van der Waals surface area (Å²) in [7, 11) is 0. The first-order valence-electron chi connectivity index (χ1n) is 3.14. The smallest absolute Gasteiger partial charge is 0.181 e. The summed E-state index contributed by atoms with van der Waals surface area (Å²) in [5.41, 5.74) is 0. The third-order valence-corrected chi connectivity index (χ3v) is 0.938. The van der Waals surface area contributed by atoms with Gasteiger partial charge in [0.05, 0.1) is 0 Å². The Bertz CT molecular complexity index is 73.5. The topological polar surface area (TPSA) is 44.5 Å². The monoisotopic (exact) mass is 133 g/mol. The quantitative estimate of drug-likeness (QED) is 0.460. The molecule has 0 aromatic heterocycles. The van der Waals surface area contributed by atoms with Gasteiger partial charge in [0.25, 0.3) is 0 Å². The van der Waals surface area contributed by atoms with Gasteiger partial charge in [-0.2, -0.15) is 0 Å². The van der Waals surface area contributed by atoms with Crippen molar-refractivity contribution in [2.24, 2.45) is 5.90 Å². The lowest BCUT2D eigenvalue weighted by Gasteiger charge is -2.21. The van der Waals surface area contributed by atoms with Crippen molar-refractivity contribution in [3.05, 3.63) is 0 Å². The fourth-order valence-electron chi connectivity index (χ4n) is 0.382. The zero-order valence-corrected chi connectivity index (χ0v) is 6.31. The summed E-state index contributed by atoms with van der Waals surface area (Å²) in [6.45, 7) is 6.28. The number of hydrogen-bond acceptors (Lipinski definition) is 3. The molecule has 0 saturated carbocycles. The summed E-state index contributed by atoms with van der Waals surface area (Å²) in [6.07, 6.45) is 0.979. The zero-order valence-electron chi connectivity index (χ0n) is 6.31. The van der Waals surface area contributed by atoms with Crippen LogP contribution in [-0.4, -0.2) is 12.4 Å². The molecular weight excluding hydrogens is 118 g/mol. The summed E-state index contributed by atoms with van der Waals surface area (Å²) in [5, 5.41) is 0. The maximum absolute atomic E-state index is 5.18. The van der Waals surface area contributed by atoms with Crippen LogP contribution in [0.5, 0.6) is 0 Å². The first-order valence-corrected chi connectivity index (χ1v) is 3.14. The second-order valence-corrected chi connectivity index (χ2v) is 2.37. The van der Waals surface area contributed by atoms with Crippen molar-refractivity contribution in [2.45, 2.75) is 33.0 Å². The summed E-state index contributed by atoms with van der Waals surface area (Å²) in [4.78, 5) is 4.52. The maximum Gasteiger partial charge on any atom is 0.181 e. The minimum atomic E-state index is -0.629. The summed E-state index contributed by atoms with van der Waals surface area (Å²) in [6, 6.07) is 0. The van der Waals surface area contributed by atoms with Crippen LogP contribution in [0.4, 0.5) is 0 Å². The van der Waals surface area contributed by atoms with Crippen LogP contribution in [0.1, 0.15) is 27.2 Å². The van der Waals surface area contributed by atoms with Gasteiger partial charge in [0.15, 0.2) is 5.79 Å². The Kier molecular flexibility index (Phi) is 3.77. The highest BCUT2D eigenvalue weighted by molar-refractivity contribution is 4.49. The molecule has 2 N–H and O–H groups in total. The van der Waals surface area contributed by atoms with Crippen molar-refractivity contribution in [3.63, 3.8) is 0 Å². The Morgan fingerprint density at radius 3 is 2.33 bits per heavy atom. The molecule has 0 aliphatic heterocycles. The van der Waals surface area contributed by atoms with E-state index in [0.717, 1.165) is 6.42 Å². The SMILES string of the molecule is CCCOC(C)(C)ON. The van der Waals surface area contributed by atoms with Gasteiger partial charge in [-0.3, -0.25) is 4.84 Å². The second kappa shape index (κ2) is 3.82. The average molecular weight is 133 g/mol. The fourth-order valence-corrected chi connectivity index (χ4v) is 0.382. The van der Waals surface area contributed by atoms with Crippen LogP contribution in [0, 0.1) is 0 Å². The van der Waals surface area contributed by atoms with Crippen molar-refractivity contribution in [3.8, 4) is 0 Å². The van der Waals surface area contributed by atoms with Gasteiger partial charge in [0, 0.05) is 6.61 Å². The highest BCUT2D eigenvalue weighted by atomic mass is 16.8. The molecule has 0 saturated heterocycles. The van der Waals surface area contributed by atoms with E-state index in [1.54, 1.807) is 13.8 Å². The lowest BCUT2D eigenvalue weighted by molar-refractivity contribution is -0.216. The number of hydrogen-bond donors (Lipinski definition) is 1. The van der Waals surface area contributed by atoms with Gasteiger partial charge in [-0.25, -0.2) is 5.90 Å². The van der Waals surface area contributed by atoms with Gasteiger partial charge in [0.2, 0.25) is 0 Å². The van der Waals surface area contributed by atoms with Gasteiger partial charge >= 0.3 is 0 Å². The van der Waals surface area contributed by atoms with Crippen LogP contribution < -0.4 is 5.90 Å². The van der Waals surface area contributed by atoms with Crippen LogP contribution in [-0.2, 0) is 9.57 Å². The largest absolute Gasteiger partial charge is 0.349 e. The molecule has 0 radical (unpaired) electrons. The number of rotatable bonds is 4. The van der Waals surface area contributed by atoms with Gasteiger partial charge in [-0.1, -0.05) is 6.92 Å². The summed E-state index contributed by atoms with van der Waals surface area (Å²) < 4.78 is 5.18. The fraction of sp³-hybridized carbons (Fsp3) is 1.00. The molecule has 56 valence electrons. The molecule has 0 heterocycles. The number of nitrogens with two attached hydrogens (primary N) is 1. The second-order valence-electron chi connectivity index (χ2n) is 2.37. The molecule has 0 aromatic carbocycles. The van der Waals surface area contributed by atoms with E-state index in [-0.39, 0.29) is 0 Å². The van der Waals surface area contributed by atoms with E-state index in [4.69, 9.17) is 10.6 Å². The highest BCUT2D eigenvalue weighted by Gasteiger charge is 2.15. The summed E-state index contributed by atoms with van der Waals surface area (Å²) >= 11 is 0. The van der Waals surface area contributed by atoms with E-state index in [1.807, 2.05) is 6.92 Å². The minimum absolute atomic E-state index is 0.629. The van der Waals surface area contributed by atoms with E-state index >= 15 is 0 Å². The van der Waals surface area contributed by atoms with E-state index in [9.17, 15) is 0 Å². The van der Waals surface area contributed by atoms with Crippen LogP contribution in [0.2, 0.25) is 0 Å². The molecule has 0 aliphatic rings. The molecule has 9 heavy (non-hydrogen) atoms. The minimum Gasteiger partial charge on any atom is -0.349 e. The standard InChI is InChI=1S/C6H15NO2/c1-4-5-8-6(2,3)9-7/h4-5,7H2,1-3H3. The van der Waals surface area contributed by atoms with E-state index in [1.165, 1.54) is 0 Å². The van der Waals surface area contributed by atoms with Crippen LogP contribution in [0.3, 0.4) is 0 Å². The van der Waals surface area contributed by atoms with Crippen molar-refractivity contribution in [2.75, 3.05) is 6.61 Å². The van der Waals surface area contributed by atoms with Crippen LogP contribution in [0.25, 0.3) is 0 Å². The van der Waals surface area contributed by atoms with Crippen molar-refractivity contribution >= 4 is 0 Å². The molecule has 0 unspecified atom stereocenters. The predicted octanol–water partition coefficient (Wildman–Crippen LogP) is 1.04. The molecule has 0 spiro atoms. The molecule has 0 aromatic rings. The average Bonchev–Trinajstić information content (AvgIpc) is 1.84. The zero-order chi connectivity index (χ0) is 7.33. The highest BCUT2D eigenvalue weighted by Crippen LogP contribution is 2.07. The Hall–Kier alpha value is -0.120. The Morgan fingerprint density at radius 2 is 2.00 bits per heavy atom. The Morgan fingerprint density at radius 1 is 1.44 bits per heavy atom. The Labute approximate surface area is 56.1 Å². The predicted molar refractivity (Wildman–Crippen MR) is 35.6 cm³/mol. The van der Waals surface area contributed by atoms with E-state index < -0.39 is 5.79 Å². The van der Waals surface area contributed by atoms with Crippen molar-refractivity contribution in [1.29, 1.82) is 0 Å². The third-order valence-electron chi connectivity index (χ3n) is 0.938. The first-order chi connectivity index (χ1) is 4.12. The normalized spacial score (nSPS) is 12.0. The molecule has 0 bridgehead atoms. The van der Waals surface area contributed by atoms with Gasteiger partial charge in [-0.15, -0.1) is 0 Å². The van der Waals surface area contributed by atoms with Crippen molar-refractivity contribution in [1.82, 2.24) is 0 Å². The van der Waals surface area contributed by atoms with Gasteiger partial charge < -0.3 is 4.74 Å². The molecule has 0 atom stereocenters. The molecule has 3 heteroatoms. The van der Waals surface area contributed by atoms with Gasteiger partial charge in [-0.05, 0) is 20.3 Å². The molecule has 3 nitrogen and oxygen atoms in total. The molecule has 0 fully saturated rings. The molecule has 0 rings (SSSR count). The lowest BCUT2D eigenvalue weighted by atomic mass is 10.4. The van der Waals surface area contributed by atoms with E-state index in [0.29, 0.717) is 6.61 Å².